The Morgan fingerprint density at radius 3 is 2.41 bits per heavy atom. The van der Waals surface area contributed by atoms with Crippen molar-refractivity contribution in [1.29, 1.82) is 0 Å². The van der Waals surface area contributed by atoms with Gasteiger partial charge in [-0.25, -0.2) is 8.78 Å². The molecule has 0 unspecified atom stereocenters. The van der Waals surface area contributed by atoms with E-state index in [4.69, 9.17) is 0 Å². The molecule has 1 aliphatic heterocycles. The number of rotatable bonds is 4. The number of hydrogen-bond donors (Lipinski definition) is 1. The summed E-state index contributed by atoms with van der Waals surface area (Å²) in [6, 6.07) is 3.13. The summed E-state index contributed by atoms with van der Waals surface area (Å²) < 4.78 is 63.5. The molecule has 1 atom stereocenters. The Labute approximate surface area is 126 Å². The highest BCUT2D eigenvalue weighted by Crippen LogP contribution is 2.23. The predicted octanol–water partition coefficient (Wildman–Crippen LogP) is 3.64. The number of piperidine rings is 1. The molecule has 124 valence electrons. The van der Waals surface area contributed by atoms with Crippen LogP contribution < -0.4 is 5.32 Å². The minimum atomic E-state index is -4.18. The van der Waals surface area contributed by atoms with E-state index in [1.54, 1.807) is 6.92 Å². The maximum absolute atomic E-state index is 13.7. The van der Waals surface area contributed by atoms with Crippen molar-refractivity contribution in [2.45, 2.75) is 38.0 Å². The summed E-state index contributed by atoms with van der Waals surface area (Å²) in [5.41, 5.74) is 0.360. The molecular weight excluding hydrogens is 303 g/mol. The Morgan fingerprint density at radius 2 is 1.86 bits per heavy atom. The average Bonchev–Trinajstić information content (AvgIpc) is 2.39. The first-order chi connectivity index (χ1) is 10.2. The molecular formula is C15H19F5N2. The van der Waals surface area contributed by atoms with Gasteiger partial charge in [-0.05, 0) is 38.9 Å². The van der Waals surface area contributed by atoms with Gasteiger partial charge in [-0.15, -0.1) is 0 Å². The van der Waals surface area contributed by atoms with Gasteiger partial charge in [0.25, 0.3) is 0 Å². The van der Waals surface area contributed by atoms with Gasteiger partial charge in [-0.2, -0.15) is 13.2 Å². The van der Waals surface area contributed by atoms with Gasteiger partial charge in [0, 0.05) is 23.7 Å². The van der Waals surface area contributed by atoms with E-state index >= 15 is 0 Å². The van der Waals surface area contributed by atoms with Crippen molar-refractivity contribution in [3.8, 4) is 0 Å². The van der Waals surface area contributed by atoms with Crippen LogP contribution in [0, 0.1) is 11.6 Å². The lowest BCUT2D eigenvalue weighted by molar-refractivity contribution is -0.148. The van der Waals surface area contributed by atoms with E-state index in [1.165, 1.54) is 17.0 Å². The van der Waals surface area contributed by atoms with Crippen LogP contribution in [-0.4, -0.2) is 36.8 Å². The number of nitrogens with one attached hydrogen (secondary N) is 1. The van der Waals surface area contributed by atoms with Crippen molar-refractivity contribution in [3.63, 3.8) is 0 Å². The fraction of sp³-hybridized carbons (Fsp3) is 0.600. The van der Waals surface area contributed by atoms with Gasteiger partial charge < -0.3 is 5.32 Å². The Hall–Kier alpha value is -1.21. The second-order valence-corrected chi connectivity index (χ2v) is 5.72. The van der Waals surface area contributed by atoms with Crippen molar-refractivity contribution >= 4 is 0 Å². The molecule has 1 aromatic carbocycles. The number of likely N-dealkylation sites (tertiary alicyclic amines) is 1. The van der Waals surface area contributed by atoms with Gasteiger partial charge in [0.2, 0.25) is 0 Å². The lowest BCUT2D eigenvalue weighted by atomic mass is 10.0. The van der Waals surface area contributed by atoms with E-state index in [2.05, 4.69) is 5.32 Å². The third-order valence-electron chi connectivity index (χ3n) is 3.91. The largest absolute Gasteiger partial charge is 0.401 e. The summed E-state index contributed by atoms with van der Waals surface area (Å²) in [6.45, 7) is 1.59. The quantitative estimate of drug-likeness (QED) is 0.852. The van der Waals surface area contributed by atoms with E-state index in [9.17, 15) is 22.0 Å². The molecule has 1 N–H and O–H groups in total. The molecule has 1 saturated heterocycles. The molecule has 0 spiro atoms. The van der Waals surface area contributed by atoms with E-state index in [0.717, 1.165) is 6.07 Å². The van der Waals surface area contributed by atoms with E-state index < -0.39 is 24.4 Å². The van der Waals surface area contributed by atoms with Crippen LogP contribution in [0.1, 0.15) is 31.4 Å². The first kappa shape index (κ1) is 17.1. The van der Waals surface area contributed by atoms with Crippen molar-refractivity contribution in [2.75, 3.05) is 19.6 Å². The van der Waals surface area contributed by atoms with Gasteiger partial charge in [0.05, 0.1) is 6.54 Å². The normalized spacial score (nSPS) is 19.4. The van der Waals surface area contributed by atoms with Crippen molar-refractivity contribution < 1.29 is 22.0 Å². The third-order valence-corrected chi connectivity index (χ3v) is 3.91. The molecule has 0 aromatic heterocycles. The summed E-state index contributed by atoms with van der Waals surface area (Å²) in [5.74, 6) is -1.25. The van der Waals surface area contributed by atoms with Crippen LogP contribution in [0.5, 0.6) is 0 Å². The minimum absolute atomic E-state index is 0.0314. The molecule has 7 heteroatoms. The predicted molar refractivity (Wildman–Crippen MR) is 73.4 cm³/mol. The second kappa shape index (κ2) is 6.91. The molecule has 22 heavy (non-hydrogen) atoms. The Bertz CT molecular complexity index is 495. The van der Waals surface area contributed by atoms with Gasteiger partial charge in [-0.3, -0.25) is 4.90 Å². The molecule has 1 aromatic rings. The van der Waals surface area contributed by atoms with Gasteiger partial charge in [-0.1, -0.05) is 6.07 Å². The highest BCUT2D eigenvalue weighted by atomic mass is 19.4. The first-order valence-electron chi connectivity index (χ1n) is 7.25. The summed E-state index contributed by atoms with van der Waals surface area (Å²) in [7, 11) is 0. The van der Waals surface area contributed by atoms with Gasteiger partial charge >= 0.3 is 6.18 Å². The smallest absolute Gasteiger partial charge is 0.307 e. The van der Waals surface area contributed by atoms with Crippen LogP contribution in [0.4, 0.5) is 22.0 Å². The fourth-order valence-electron chi connectivity index (χ4n) is 2.81. The number of nitrogens with zero attached hydrogens (tertiary/aromatic N) is 1. The Kier molecular flexibility index (Phi) is 5.39. The zero-order valence-corrected chi connectivity index (χ0v) is 12.3. The molecule has 1 heterocycles. The van der Waals surface area contributed by atoms with Crippen LogP contribution in [0.3, 0.4) is 0 Å². The molecule has 0 radical (unpaired) electrons. The van der Waals surface area contributed by atoms with Crippen molar-refractivity contribution in [2.24, 2.45) is 0 Å². The molecule has 0 aliphatic carbocycles. The fourth-order valence-corrected chi connectivity index (χ4v) is 2.81. The molecule has 1 aliphatic rings. The molecule has 1 fully saturated rings. The molecule has 0 saturated carbocycles. The maximum atomic E-state index is 13.7. The molecule has 2 rings (SSSR count). The van der Waals surface area contributed by atoms with Gasteiger partial charge in [0.1, 0.15) is 11.6 Å². The number of hydrogen-bond acceptors (Lipinski definition) is 2. The van der Waals surface area contributed by atoms with E-state index in [0.29, 0.717) is 31.5 Å². The maximum Gasteiger partial charge on any atom is 0.401 e. The van der Waals surface area contributed by atoms with Crippen LogP contribution in [0.25, 0.3) is 0 Å². The van der Waals surface area contributed by atoms with Crippen LogP contribution >= 0.6 is 0 Å². The number of benzene rings is 1. The highest BCUT2D eigenvalue weighted by molar-refractivity contribution is 5.21. The highest BCUT2D eigenvalue weighted by Gasteiger charge is 2.32. The third kappa shape index (κ3) is 4.91. The molecule has 2 nitrogen and oxygen atoms in total. The average molecular weight is 322 g/mol. The lowest BCUT2D eigenvalue weighted by Crippen LogP contribution is -2.46. The van der Waals surface area contributed by atoms with Crippen LogP contribution in [-0.2, 0) is 0 Å². The van der Waals surface area contributed by atoms with Crippen LogP contribution in [0.2, 0.25) is 0 Å². The number of alkyl halides is 3. The summed E-state index contributed by atoms with van der Waals surface area (Å²) in [5, 5.41) is 3.21. The summed E-state index contributed by atoms with van der Waals surface area (Å²) >= 11 is 0. The first-order valence-corrected chi connectivity index (χ1v) is 7.25. The standard InChI is InChI=1S/C15H19F5N2/c1-10(13-3-2-11(16)8-14(13)17)21-12-4-6-22(7-5-12)9-15(18,19)20/h2-3,8,10,12,21H,4-7,9H2,1H3/t10-/m0/s1. The number of halogens is 5. The SMILES string of the molecule is C[C@H](NC1CCN(CC(F)(F)F)CC1)c1ccc(F)cc1F. The van der Waals surface area contributed by atoms with E-state index in [1.807, 2.05) is 0 Å². The van der Waals surface area contributed by atoms with Crippen LogP contribution in [0.15, 0.2) is 18.2 Å². The summed E-state index contributed by atoms with van der Waals surface area (Å²) in [4.78, 5) is 1.38. The second-order valence-electron chi connectivity index (χ2n) is 5.72. The van der Waals surface area contributed by atoms with Crippen molar-refractivity contribution in [1.82, 2.24) is 10.2 Å². The zero-order chi connectivity index (χ0) is 16.3. The summed E-state index contributed by atoms with van der Waals surface area (Å²) in [6.07, 6.45) is -3.03. The topological polar surface area (TPSA) is 15.3 Å². The van der Waals surface area contributed by atoms with Gasteiger partial charge in [0.15, 0.2) is 0 Å². The van der Waals surface area contributed by atoms with E-state index in [-0.39, 0.29) is 12.1 Å². The lowest BCUT2D eigenvalue weighted by Gasteiger charge is -2.34. The minimum Gasteiger partial charge on any atom is -0.307 e. The molecule has 0 amide bonds. The van der Waals surface area contributed by atoms with Crippen molar-refractivity contribution in [3.05, 3.63) is 35.4 Å². The Balaban J connectivity index is 1.85. The molecule has 0 bridgehead atoms. The Morgan fingerprint density at radius 1 is 1.23 bits per heavy atom. The zero-order valence-electron chi connectivity index (χ0n) is 12.3. The monoisotopic (exact) mass is 322 g/mol.